The van der Waals surface area contributed by atoms with Crippen LogP contribution in [0.4, 0.5) is 0 Å². The first-order valence-corrected chi connectivity index (χ1v) is 9.32. The van der Waals surface area contributed by atoms with E-state index in [1.54, 1.807) is 0 Å². The van der Waals surface area contributed by atoms with Crippen LogP contribution in [-0.4, -0.2) is 25.0 Å². The maximum Gasteiger partial charge on any atom is 0.302 e. The van der Waals surface area contributed by atoms with Crippen molar-refractivity contribution in [2.75, 3.05) is 13.2 Å². The summed E-state index contributed by atoms with van der Waals surface area (Å²) >= 11 is 0. The van der Waals surface area contributed by atoms with Gasteiger partial charge in [-0.05, 0) is 24.7 Å². The first kappa shape index (κ1) is 20.9. The van der Waals surface area contributed by atoms with E-state index in [2.05, 4.69) is 11.4 Å². The molecule has 2 unspecified atom stereocenters. The lowest BCUT2D eigenvalue weighted by atomic mass is 9.66. The average Bonchev–Trinajstić information content (AvgIpc) is 2.63. The van der Waals surface area contributed by atoms with Crippen LogP contribution in [0.1, 0.15) is 46.5 Å². The Kier molecular flexibility index (Phi) is 10.3. The van der Waals surface area contributed by atoms with E-state index in [9.17, 15) is 9.59 Å². The van der Waals surface area contributed by atoms with Crippen LogP contribution in [-0.2, 0) is 14.3 Å². The fourth-order valence-corrected chi connectivity index (χ4v) is 3.07. The summed E-state index contributed by atoms with van der Waals surface area (Å²) in [5.41, 5.74) is 0.942. The van der Waals surface area contributed by atoms with Crippen molar-refractivity contribution in [3.05, 3.63) is 48.0 Å². The maximum atomic E-state index is 11.8. The summed E-state index contributed by atoms with van der Waals surface area (Å²) in [7, 11) is 0. The second-order valence-corrected chi connectivity index (χ2v) is 5.93. The van der Waals surface area contributed by atoms with Crippen LogP contribution in [0.2, 0.25) is 0 Å². The predicted octanol–water partition coefficient (Wildman–Crippen LogP) is 4.12. The molecule has 1 saturated carbocycles. The number of allylic oxidation sites excluding steroid dienone is 1. The number of carbonyl (C=O) groups excluding carboxylic acids is 2. The number of fused-ring (bicyclic) bond motifs is 1. The number of hydrogen-bond donors (Lipinski definition) is 1. The number of carbonyl (C=O) groups is 2. The number of nitrogens with one attached hydrogen (secondary N) is 1. The van der Waals surface area contributed by atoms with Crippen LogP contribution in [0.3, 0.4) is 0 Å². The Morgan fingerprint density at radius 1 is 1.04 bits per heavy atom. The first-order valence-electron chi connectivity index (χ1n) is 9.32. The van der Waals surface area contributed by atoms with E-state index < -0.39 is 0 Å². The highest BCUT2D eigenvalue weighted by Gasteiger charge is 2.37. The Balaban J connectivity index is 0.000000326. The number of benzene rings is 1. The third kappa shape index (κ3) is 7.55. The molecule has 2 aliphatic rings. The average molecular weight is 345 g/mol. The minimum atomic E-state index is -0.311. The molecule has 3 rings (SSSR count). The summed E-state index contributed by atoms with van der Waals surface area (Å²) in [5.74, 6) is 0.824. The second kappa shape index (κ2) is 12.3. The Morgan fingerprint density at radius 3 is 2.12 bits per heavy atom. The molecule has 2 aliphatic carbocycles. The Morgan fingerprint density at radius 2 is 1.60 bits per heavy atom. The van der Waals surface area contributed by atoms with Crippen molar-refractivity contribution in [1.82, 2.24) is 5.32 Å². The fraction of sp³-hybridized carbons (Fsp3) is 0.524. The normalized spacial score (nSPS) is 20.0. The van der Waals surface area contributed by atoms with E-state index in [0.29, 0.717) is 18.4 Å². The van der Waals surface area contributed by atoms with Gasteiger partial charge in [-0.25, -0.2) is 0 Å². The third-order valence-corrected chi connectivity index (χ3v) is 4.23. The summed E-state index contributed by atoms with van der Waals surface area (Å²) in [5, 5.41) is 2.79. The highest BCUT2D eigenvalue weighted by atomic mass is 16.5. The lowest BCUT2D eigenvalue weighted by molar-refractivity contribution is -0.141. The molecule has 4 heteroatoms. The smallest absolute Gasteiger partial charge is 0.302 e. The van der Waals surface area contributed by atoms with Gasteiger partial charge in [-0.15, -0.1) is 0 Å². The van der Waals surface area contributed by atoms with Gasteiger partial charge in [0.15, 0.2) is 0 Å². The number of esters is 1. The fourth-order valence-electron chi connectivity index (χ4n) is 3.07. The number of hydrogen-bond acceptors (Lipinski definition) is 3. The summed E-state index contributed by atoms with van der Waals surface area (Å²) in [6, 6.07) is 12.0. The van der Waals surface area contributed by atoms with Crippen molar-refractivity contribution < 1.29 is 14.3 Å². The SMILES string of the molecule is CC.CC(=O)OCCNC(=O)C1=CC2CCCCC12.c1ccccc1. The van der Waals surface area contributed by atoms with Crippen molar-refractivity contribution in [1.29, 1.82) is 0 Å². The van der Waals surface area contributed by atoms with E-state index in [1.807, 2.05) is 50.2 Å². The third-order valence-electron chi connectivity index (χ3n) is 4.23. The molecule has 0 aromatic heterocycles. The van der Waals surface area contributed by atoms with Crippen LogP contribution < -0.4 is 5.32 Å². The van der Waals surface area contributed by atoms with Crippen molar-refractivity contribution in [3.8, 4) is 0 Å². The molecule has 2 atom stereocenters. The molecule has 25 heavy (non-hydrogen) atoms. The van der Waals surface area contributed by atoms with Gasteiger partial charge < -0.3 is 10.1 Å². The lowest BCUT2D eigenvalue weighted by Gasteiger charge is -2.38. The lowest BCUT2D eigenvalue weighted by Crippen LogP contribution is -2.39. The predicted molar refractivity (Wildman–Crippen MR) is 101 cm³/mol. The zero-order valence-electron chi connectivity index (χ0n) is 15.7. The highest BCUT2D eigenvalue weighted by molar-refractivity contribution is 5.95. The van der Waals surface area contributed by atoms with Gasteiger partial charge in [-0.3, -0.25) is 9.59 Å². The maximum absolute atomic E-state index is 11.8. The summed E-state index contributed by atoms with van der Waals surface area (Å²) in [6.07, 6.45) is 7.01. The zero-order chi connectivity index (χ0) is 18.5. The largest absolute Gasteiger partial charge is 0.464 e. The summed E-state index contributed by atoms with van der Waals surface area (Å²) in [6.45, 7) is 6.01. The molecular formula is C21H31NO3. The number of amides is 1. The minimum absolute atomic E-state index is 0.0142. The number of rotatable bonds is 4. The van der Waals surface area contributed by atoms with Crippen LogP contribution in [0.25, 0.3) is 0 Å². The molecule has 0 aliphatic heterocycles. The summed E-state index contributed by atoms with van der Waals surface area (Å²) in [4.78, 5) is 22.3. The van der Waals surface area contributed by atoms with Gasteiger partial charge in [0.1, 0.15) is 6.61 Å². The van der Waals surface area contributed by atoms with E-state index in [4.69, 9.17) is 4.74 Å². The molecule has 4 nitrogen and oxygen atoms in total. The molecule has 138 valence electrons. The molecule has 1 aromatic carbocycles. The van der Waals surface area contributed by atoms with E-state index in [1.165, 1.54) is 26.2 Å². The topological polar surface area (TPSA) is 55.4 Å². The standard InChI is InChI=1S/C13H19NO3.C6H6.C2H6/c1-9(15)17-7-6-14-13(16)12-8-10-4-2-3-5-11(10)12;1-2-4-6-5-3-1;1-2/h8,10-11H,2-7H2,1H3,(H,14,16);1-6H;1-2H3. The Bertz CT molecular complexity index is 513. The van der Waals surface area contributed by atoms with Crippen molar-refractivity contribution in [3.63, 3.8) is 0 Å². The van der Waals surface area contributed by atoms with Crippen LogP contribution in [0, 0.1) is 11.8 Å². The Labute approximate surface area is 151 Å². The molecule has 1 N–H and O–H groups in total. The molecule has 0 saturated heterocycles. The minimum Gasteiger partial charge on any atom is -0.464 e. The first-order chi connectivity index (χ1) is 12.2. The highest BCUT2D eigenvalue weighted by Crippen LogP contribution is 2.43. The quantitative estimate of drug-likeness (QED) is 0.659. The van der Waals surface area contributed by atoms with Crippen molar-refractivity contribution in [2.24, 2.45) is 11.8 Å². The molecular weight excluding hydrogens is 314 g/mol. The molecule has 0 radical (unpaired) electrons. The van der Waals surface area contributed by atoms with Gasteiger partial charge in [0.25, 0.3) is 0 Å². The molecule has 1 fully saturated rings. The molecule has 0 bridgehead atoms. The van der Waals surface area contributed by atoms with Gasteiger partial charge in [0.2, 0.25) is 5.91 Å². The monoisotopic (exact) mass is 345 g/mol. The summed E-state index contributed by atoms with van der Waals surface area (Å²) < 4.78 is 4.76. The molecule has 0 heterocycles. The van der Waals surface area contributed by atoms with E-state index >= 15 is 0 Å². The number of ether oxygens (including phenoxy) is 1. The van der Waals surface area contributed by atoms with E-state index in [0.717, 1.165) is 12.0 Å². The van der Waals surface area contributed by atoms with Gasteiger partial charge in [-0.1, -0.05) is 69.2 Å². The zero-order valence-corrected chi connectivity index (χ0v) is 15.7. The van der Waals surface area contributed by atoms with Gasteiger partial charge >= 0.3 is 5.97 Å². The van der Waals surface area contributed by atoms with Crippen LogP contribution >= 0.6 is 0 Å². The molecule has 0 spiro atoms. The van der Waals surface area contributed by atoms with E-state index in [-0.39, 0.29) is 18.5 Å². The Hall–Kier alpha value is -2.10. The molecule has 1 aromatic rings. The van der Waals surface area contributed by atoms with Gasteiger partial charge in [-0.2, -0.15) is 0 Å². The van der Waals surface area contributed by atoms with Crippen molar-refractivity contribution >= 4 is 11.9 Å². The van der Waals surface area contributed by atoms with Crippen molar-refractivity contribution in [2.45, 2.75) is 46.5 Å². The van der Waals surface area contributed by atoms with Crippen LogP contribution in [0.5, 0.6) is 0 Å². The van der Waals surface area contributed by atoms with Gasteiger partial charge in [0.05, 0.1) is 6.54 Å². The molecule has 1 amide bonds. The second-order valence-electron chi connectivity index (χ2n) is 5.93. The van der Waals surface area contributed by atoms with Gasteiger partial charge in [0, 0.05) is 12.5 Å². The van der Waals surface area contributed by atoms with Crippen LogP contribution in [0.15, 0.2) is 48.0 Å².